The number of carbonyl (C=O) groups is 1. The lowest BCUT2D eigenvalue weighted by molar-refractivity contribution is -0.116. The summed E-state index contributed by atoms with van der Waals surface area (Å²) in [6.07, 6.45) is 0.188. The van der Waals surface area contributed by atoms with Gasteiger partial charge in [-0.1, -0.05) is 28.1 Å². The zero-order valence-electron chi connectivity index (χ0n) is 10.5. The Morgan fingerprint density at radius 1 is 1.10 bits per heavy atom. The standard InChI is InChI=1S/C15H11BrN2O2/c16-10-5-7-11(8-6-10)18-15(20)9-13(17-18)12-3-1-2-4-14(12)19/h1-8,19H,9H2. The first-order valence-corrected chi connectivity index (χ1v) is 6.89. The van der Waals surface area contributed by atoms with E-state index in [0.29, 0.717) is 17.0 Å². The van der Waals surface area contributed by atoms with E-state index < -0.39 is 0 Å². The molecule has 0 bridgehead atoms. The number of para-hydroxylation sites is 1. The third-order valence-electron chi connectivity index (χ3n) is 3.06. The fraction of sp³-hybridized carbons (Fsp3) is 0.0667. The molecule has 1 aliphatic heterocycles. The van der Waals surface area contributed by atoms with Gasteiger partial charge in [0.25, 0.3) is 5.91 Å². The van der Waals surface area contributed by atoms with Crippen molar-refractivity contribution in [2.45, 2.75) is 6.42 Å². The molecule has 0 saturated carbocycles. The number of phenols is 1. The Bertz CT molecular complexity index is 695. The highest BCUT2D eigenvalue weighted by molar-refractivity contribution is 9.10. The monoisotopic (exact) mass is 330 g/mol. The molecule has 0 aliphatic carbocycles. The van der Waals surface area contributed by atoms with Gasteiger partial charge in [0, 0.05) is 10.0 Å². The lowest BCUT2D eigenvalue weighted by atomic mass is 10.1. The van der Waals surface area contributed by atoms with Crippen LogP contribution in [0.4, 0.5) is 5.69 Å². The van der Waals surface area contributed by atoms with Crippen LogP contribution in [-0.4, -0.2) is 16.7 Å². The molecular weight excluding hydrogens is 320 g/mol. The van der Waals surface area contributed by atoms with Crippen molar-refractivity contribution in [3.8, 4) is 5.75 Å². The molecule has 3 rings (SSSR count). The van der Waals surface area contributed by atoms with Gasteiger partial charge >= 0.3 is 0 Å². The average Bonchev–Trinajstić information content (AvgIpc) is 2.82. The number of hydrazone groups is 1. The first-order chi connectivity index (χ1) is 9.65. The van der Waals surface area contributed by atoms with Gasteiger partial charge in [0.2, 0.25) is 0 Å². The molecule has 1 amide bonds. The van der Waals surface area contributed by atoms with Gasteiger partial charge in [0.15, 0.2) is 0 Å². The summed E-state index contributed by atoms with van der Waals surface area (Å²) in [5, 5.41) is 15.5. The Hall–Kier alpha value is -2.14. The molecule has 0 radical (unpaired) electrons. The van der Waals surface area contributed by atoms with Crippen LogP contribution in [0.1, 0.15) is 12.0 Å². The number of hydrogen-bond acceptors (Lipinski definition) is 3. The Balaban J connectivity index is 1.97. The number of phenolic OH excluding ortho intramolecular Hbond substituents is 1. The fourth-order valence-corrected chi connectivity index (χ4v) is 2.35. The van der Waals surface area contributed by atoms with Gasteiger partial charge in [0.05, 0.1) is 17.8 Å². The van der Waals surface area contributed by atoms with Crippen LogP contribution in [0.15, 0.2) is 58.1 Å². The molecule has 0 saturated heterocycles. The van der Waals surface area contributed by atoms with Gasteiger partial charge in [0.1, 0.15) is 5.75 Å². The molecule has 0 atom stereocenters. The molecule has 100 valence electrons. The molecule has 0 unspecified atom stereocenters. The first-order valence-electron chi connectivity index (χ1n) is 6.09. The number of anilines is 1. The van der Waals surface area contributed by atoms with Gasteiger partial charge in [-0.15, -0.1) is 0 Å². The normalized spacial score (nSPS) is 14.6. The van der Waals surface area contributed by atoms with E-state index in [4.69, 9.17) is 0 Å². The van der Waals surface area contributed by atoms with E-state index >= 15 is 0 Å². The number of halogens is 1. The topological polar surface area (TPSA) is 52.9 Å². The predicted molar refractivity (Wildman–Crippen MR) is 80.9 cm³/mol. The molecule has 0 fully saturated rings. The number of rotatable bonds is 2. The third-order valence-corrected chi connectivity index (χ3v) is 3.59. The number of aromatic hydroxyl groups is 1. The highest BCUT2D eigenvalue weighted by atomic mass is 79.9. The molecule has 4 nitrogen and oxygen atoms in total. The summed E-state index contributed by atoms with van der Waals surface area (Å²) < 4.78 is 0.942. The number of nitrogens with zero attached hydrogens (tertiary/aromatic N) is 2. The molecule has 1 aliphatic rings. The van der Waals surface area contributed by atoms with Gasteiger partial charge in [-0.05, 0) is 36.4 Å². The van der Waals surface area contributed by atoms with Crippen LogP contribution < -0.4 is 5.01 Å². The van der Waals surface area contributed by atoms with Crippen LogP contribution in [0, 0.1) is 0 Å². The van der Waals surface area contributed by atoms with Gasteiger partial charge in [-0.25, -0.2) is 5.01 Å². The Morgan fingerprint density at radius 2 is 1.80 bits per heavy atom. The van der Waals surface area contributed by atoms with Crippen LogP contribution >= 0.6 is 15.9 Å². The molecule has 1 heterocycles. The summed E-state index contributed by atoms with van der Waals surface area (Å²) >= 11 is 3.35. The predicted octanol–water partition coefficient (Wildman–Crippen LogP) is 3.30. The number of hydrogen-bond donors (Lipinski definition) is 1. The number of amides is 1. The average molecular weight is 331 g/mol. The molecular formula is C15H11BrN2O2. The number of carbonyl (C=O) groups excluding carboxylic acids is 1. The first kappa shape index (κ1) is 12.9. The van der Waals surface area contributed by atoms with Crippen LogP contribution in [0.3, 0.4) is 0 Å². The smallest absolute Gasteiger partial charge is 0.253 e. The van der Waals surface area contributed by atoms with E-state index in [1.54, 1.807) is 18.2 Å². The van der Waals surface area contributed by atoms with Crippen molar-refractivity contribution < 1.29 is 9.90 Å². The van der Waals surface area contributed by atoms with Gasteiger partial charge < -0.3 is 5.11 Å². The minimum absolute atomic E-state index is 0.106. The fourth-order valence-electron chi connectivity index (χ4n) is 2.08. The summed E-state index contributed by atoms with van der Waals surface area (Å²) in [4.78, 5) is 12.1. The van der Waals surface area contributed by atoms with E-state index in [9.17, 15) is 9.90 Å². The van der Waals surface area contributed by atoms with Crippen LogP contribution in [0.2, 0.25) is 0 Å². The van der Waals surface area contributed by atoms with Gasteiger partial charge in [-0.3, -0.25) is 4.79 Å². The van der Waals surface area contributed by atoms with E-state index in [-0.39, 0.29) is 18.1 Å². The van der Waals surface area contributed by atoms with Crippen LogP contribution in [-0.2, 0) is 4.79 Å². The quantitative estimate of drug-likeness (QED) is 0.918. The van der Waals surface area contributed by atoms with Crippen molar-refractivity contribution in [3.63, 3.8) is 0 Å². The zero-order valence-corrected chi connectivity index (χ0v) is 12.0. The minimum Gasteiger partial charge on any atom is -0.507 e. The van der Waals surface area contributed by atoms with E-state index in [2.05, 4.69) is 21.0 Å². The molecule has 2 aromatic carbocycles. The number of benzene rings is 2. The summed E-state index contributed by atoms with van der Waals surface area (Å²) in [5.74, 6) is 0.0299. The van der Waals surface area contributed by atoms with Crippen molar-refractivity contribution in [3.05, 3.63) is 58.6 Å². The third kappa shape index (κ3) is 2.32. The summed E-state index contributed by atoms with van der Waals surface area (Å²) in [7, 11) is 0. The second-order valence-corrected chi connectivity index (χ2v) is 5.34. The second-order valence-electron chi connectivity index (χ2n) is 4.42. The van der Waals surface area contributed by atoms with E-state index in [1.807, 2.05) is 30.3 Å². The molecule has 5 heteroatoms. The summed E-state index contributed by atoms with van der Waals surface area (Å²) in [5.41, 5.74) is 1.89. The molecule has 0 spiro atoms. The molecule has 0 aromatic heterocycles. The molecule has 20 heavy (non-hydrogen) atoms. The second kappa shape index (κ2) is 5.09. The largest absolute Gasteiger partial charge is 0.507 e. The van der Waals surface area contributed by atoms with Crippen molar-refractivity contribution in [1.82, 2.24) is 0 Å². The van der Waals surface area contributed by atoms with Crippen LogP contribution in [0.5, 0.6) is 5.75 Å². The highest BCUT2D eigenvalue weighted by Crippen LogP contribution is 2.27. The summed E-state index contributed by atoms with van der Waals surface area (Å²) in [6, 6.07) is 14.2. The Morgan fingerprint density at radius 3 is 2.50 bits per heavy atom. The maximum atomic E-state index is 12.1. The van der Waals surface area contributed by atoms with Crippen LogP contribution in [0.25, 0.3) is 0 Å². The lowest BCUT2D eigenvalue weighted by Crippen LogP contribution is -2.19. The SMILES string of the molecule is O=C1CC(c2ccccc2O)=NN1c1ccc(Br)cc1. The van der Waals surface area contributed by atoms with E-state index in [0.717, 1.165) is 4.47 Å². The maximum Gasteiger partial charge on any atom is 0.253 e. The van der Waals surface area contributed by atoms with Crippen molar-refractivity contribution in [2.24, 2.45) is 5.10 Å². The molecule has 1 N–H and O–H groups in total. The molecule has 2 aromatic rings. The zero-order chi connectivity index (χ0) is 14.1. The Labute approximate surface area is 124 Å². The Kier molecular flexibility index (Phi) is 3.28. The van der Waals surface area contributed by atoms with E-state index in [1.165, 1.54) is 5.01 Å². The van der Waals surface area contributed by atoms with Crippen molar-refractivity contribution in [1.29, 1.82) is 0 Å². The summed E-state index contributed by atoms with van der Waals surface area (Å²) in [6.45, 7) is 0. The lowest BCUT2D eigenvalue weighted by Gasteiger charge is -2.11. The van der Waals surface area contributed by atoms with Crippen molar-refractivity contribution >= 4 is 33.2 Å². The highest BCUT2D eigenvalue weighted by Gasteiger charge is 2.27. The maximum absolute atomic E-state index is 12.1. The van der Waals surface area contributed by atoms with Gasteiger partial charge in [-0.2, -0.15) is 5.10 Å². The minimum atomic E-state index is -0.106. The van der Waals surface area contributed by atoms with Crippen molar-refractivity contribution in [2.75, 3.05) is 5.01 Å².